The molecule has 2 N–H and O–H groups in total. The monoisotopic (exact) mass is 236 g/mol. The van der Waals surface area contributed by atoms with Gasteiger partial charge in [0.1, 0.15) is 5.82 Å². The molecule has 1 aliphatic heterocycles. The fourth-order valence-corrected chi connectivity index (χ4v) is 2.10. The van der Waals surface area contributed by atoms with Gasteiger partial charge in [0.2, 0.25) is 5.91 Å². The van der Waals surface area contributed by atoms with Crippen molar-refractivity contribution >= 4 is 11.6 Å². The lowest BCUT2D eigenvalue weighted by atomic mass is 10.2. The van der Waals surface area contributed by atoms with Crippen molar-refractivity contribution in [3.63, 3.8) is 0 Å². The minimum Gasteiger partial charge on any atom is -0.396 e. The molecule has 1 amide bonds. The molecule has 1 aromatic carbocycles. The van der Waals surface area contributed by atoms with Crippen LogP contribution in [0.5, 0.6) is 0 Å². The Morgan fingerprint density at radius 1 is 1.29 bits per heavy atom. The second kappa shape index (κ2) is 5.17. The predicted molar refractivity (Wildman–Crippen MR) is 64.7 cm³/mol. The van der Waals surface area contributed by atoms with Crippen molar-refractivity contribution in [1.29, 1.82) is 0 Å². The fraction of sp³-hybridized carbons (Fsp3) is 0.462. The molecule has 4 heteroatoms. The average molecular weight is 236 g/mol. The summed E-state index contributed by atoms with van der Waals surface area (Å²) >= 11 is 0. The molecule has 0 aliphatic carbocycles. The van der Waals surface area contributed by atoms with Crippen LogP contribution in [0, 0.1) is 5.82 Å². The van der Waals surface area contributed by atoms with Gasteiger partial charge in [0.25, 0.3) is 0 Å². The Hall–Kier alpha value is -1.58. The van der Waals surface area contributed by atoms with Gasteiger partial charge in [-0.3, -0.25) is 4.79 Å². The second-order valence-electron chi connectivity index (χ2n) is 4.48. The summed E-state index contributed by atoms with van der Waals surface area (Å²) in [7, 11) is 0. The molecule has 2 rings (SSSR count). The number of amides is 1. The molecule has 3 nitrogen and oxygen atoms in total. The van der Waals surface area contributed by atoms with Crippen LogP contribution in [-0.2, 0) is 11.3 Å². The molecule has 0 saturated carbocycles. The van der Waals surface area contributed by atoms with E-state index in [1.54, 1.807) is 17.0 Å². The lowest BCUT2D eigenvalue weighted by Crippen LogP contribution is -2.29. The second-order valence-corrected chi connectivity index (χ2v) is 4.48. The Morgan fingerprint density at radius 3 is 2.88 bits per heavy atom. The third kappa shape index (κ3) is 2.96. The highest BCUT2D eigenvalue weighted by molar-refractivity contribution is 5.76. The van der Waals surface area contributed by atoms with Crippen molar-refractivity contribution in [1.82, 2.24) is 4.90 Å². The van der Waals surface area contributed by atoms with E-state index < -0.39 is 5.82 Å². The Kier molecular flexibility index (Phi) is 3.61. The van der Waals surface area contributed by atoms with Gasteiger partial charge in [-0.05, 0) is 30.5 Å². The molecule has 1 heterocycles. The van der Waals surface area contributed by atoms with Crippen molar-refractivity contribution < 1.29 is 9.18 Å². The predicted octanol–water partition coefficient (Wildman–Crippen LogP) is 2.31. The van der Waals surface area contributed by atoms with E-state index in [9.17, 15) is 9.18 Å². The molecule has 0 bridgehead atoms. The maximum absolute atomic E-state index is 13.3. The number of halogens is 1. The highest BCUT2D eigenvalue weighted by Gasteiger charge is 2.16. The van der Waals surface area contributed by atoms with Crippen LogP contribution in [0.15, 0.2) is 18.2 Å². The summed E-state index contributed by atoms with van der Waals surface area (Å²) in [6.07, 6.45) is 3.70. The summed E-state index contributed by atoms with van der Waals surface area (Å²) in [6.45, 7) is 1.25. The standard InChI is InChI=1S/C13H17FN2O/c14-11-8-10(5-6-12(11)15)9-16-7-3-1-2-4-13(16)17/h5-6,8H,1-4,7,9,15H2. The molecule has 92 valence electrons. The number of rotatable bonds is 2. The van der Waals surface area contributed by atoms with Crippen molar-refractivity contribution in [2.75, 3.05) is 12.3 Å². The molecule has 1 fully saturated rings. The van der Waals surface area contributed by atoms with E-state index in [4.69, 9.17) is 5.73 Å². The molecule has 0 spiro atoms. The zero-order valence-electron chi connectivity index (χ0n) is 9.79. The topological polar surface area (TPSA) is 46.3 Å². The van der Waals surface area contributed by atoms with Crippen molar-refractivity contribution in [3.05, 3.63) is 29.6 Å². The van der Waals surface area contributed by atoms with E-state index in [1.807, 2.05) is 0 Å². The van der Waals surface area contributed by atoms with E-state index in [-0.39, 0.29) is 11.6 Å². The molecule has 0 unspecified atom stereocenters. The van der Waals surface area contributed by atoms with Gasteiger partial charge in [0, 0.05) is 19.5 Å². The van der Waals surface area contributed by atoms with Crippen LogP contribution in [0.4, 0.5) is 10.1 Å². The maximum atomic E-state index is 13.3. The number of nitrogens with zero attached hydrogens (tertiary/aromatic N) is 1. The van der Waals surface area contributed by atoms with Gasteiger partial charge >= 0.3 is 0 Å². The summed E-state index contributed by atoms with van der Waals surface area (Å²) in [5.41, 5.74) is 6.37. The van der Waals surface area contributed by atoms with E-state index in [0.29, 0.717) is 13.0 Å². The minimum atomic E-state index is -0.412. The molecule has 1 aliphatic rings. The van der Waals surface area contributed by atoms with E-state index in [1.165, 1.54) is 6.07 Å². The first-order valence-electron chi connectivity index (χ1n) is 5.98. The van der Waals surface area contributed by atoms with Gasteiger partial charge in [0.05, 0.1) is 5.69 Å². The van der Waals surface area contributed by atoms with E-state index in [2.05, 4.69) is 0 Å². The summed E-state index contributed by atoms with van der Waals surface area (Å²) < 4.78 is 13.3. The van der Waals surface area contributed by atoms with Crippen LogP contribution in [0.1, 0.15) is 31.2 Å². The van der Waals surface area contributed by atoms with Crippen LogP contribution < -0.4 is 5.73 Å². The van der Waals surface area contributed by atoms with Gasteiger partial charge in [-0.25, -0.2) is 4.39 Å². The van der Waals surface area contributed by atoms with Crippen LogP contribution in [0.3, 0.4) is 0 Å². The summed E-state index contributed by atoms with van der Waals surface area (Å²) in [5.74, 6) is -0.246. The number of nitrogens with two attached hydrogens (primary N) is 1. The first-order valence-corrected chi connectivity index (χ1v) is 5.98. The minimum absolute atomic E-state index is 0.149. The summed E-state index contributed by atoms with van der Waals surface area (Å²) in [5, 5.41) is 0. The van der Waals surface area contributed by atoms with Crippen molar-refractivity contribution in [2.45, 2.75) is 32.2 Å². The number of hydrogen-bond donors (Lipinski definition) is 1. The molecule has 1 aromatic rings. The molecule has 0 atom stereocenters. The number of benzene rings is 1. The fourth-order valence-electron chi connectivity index (χ4n) is 2.10. The van der Waals surface area contributed by atoms with Crippen LogP contribution in [0.2, 0.25) is 0 Å². The lowest BCUT2D eigenvalue weighted by molar-refractivity contribution is -0.131. The summed E-state index contributed by atoms with van der Waals surface area (Å²) in [6, 6.07) is 4.73. The first kappa shape index (κ1) is 11.9. The highest BCUT2D eigenvalue weighted by atomic mass is 19.1. The molecule has 0 radical (unpaired) electrons. The molecule has 17 heavy (non-hydrogen) atoms. The SMILES string of the molecule is Nc1ccc(CN2CCCCCC2=O)cc1F. The smallest absolute Gasteiger partial charge is 0.222 e. The number of carbonyl (C=O) groups is 1. The third-order valence-electron chi connectivity index (χ3n) is 3.11. The van der Waals surface area contributed by atoms with Gasteiger partial charge in [0.15, 0.2) is 0 Å². The van der Waals surface area contributed by atoms with Crippen LogP contribution in [-0.4, -0.2) is 17.4 Å². The lowest BCUT2D eigenvalue weighted by Gasteiger charge is -2.20. The zero-order chi connectivity index (χ0) is 12.3. The van der Waals surface area contributed by atoms with Crippen LogP contribution in [0.25, 0.3) is 0 Å². The maximum Gasteiger partial charge on any atom is 0.222 e. The molecular formula is C13H17FN2O. The van der Waals surface area contributed by atoms with E-state index in [0.717, 1.165) is 31.4 Å². The average Bonchev–Trinajstić information content (AvgIpc) is 2.50. The number of likely N-dealkylation sites (tertiary alicyclic amines) is 1. The van der Waals surface area contributed by atoms with Crippen molar-refractivity contribution in [2.24, 2.45) is 0 Å². The normalized spacial score (nSPS) is 17.0. The van der Waals surface area contributed by atoms with Crippen LogP contribution >= 0.6 is 0 Å². The summed E-state index contributed by atoms with van der Waals surface area (Å²) in [4.78, 5) is 13.6. The first-order chi connectivity index (χ1) is 8.16. The Morgan fingerprint density at radius 2 is 2.12 bits per heavy atom. The Balaban J connectivity index is 2.08. The van der Waals surface area contributed by atoms with Gasteiger partial charge in [-0.2, -0.15) is 0 Å². The van der Waals surface area contributed by atoms with Gasteiger partial charge in [-0.15, -0.1) is 0 Å². The Labute approximate surface area is 100 Å². The quantitative estimate of drug-likeness (QED) is 0.801. The van der Waals surface area contributed by atoms with Gasteiger partial charge < -0.3 is 10.6 Å². The third-order valence-corrected chi connectivity index (χ3v) is 3.11. The number of carbonyl (C=O) groups excluding carboxylic acids is 1. The van der Waals surface area contributed by atoms with E-state index >= 15 is 0 Å². The highest BCUT2D eigenvalue weighted by Crippen LogP contribution is 2.17. The molecular weight excluding hydrogens is 219 g/mol. The van der Waals surface area contributed by atoms with Gasteiger partial charge in [-0.1, -0.05) is 12.5 Å². The Bertz CT molecular complexity index is 420. The van der Waals surface area contributed by atoms with Crippen molar-refractivity contribution in [3.8, 4) is 0 Å². The molecule has 1 saturated heterocycles. The number of nitrogen functional groups attached to an aromatic ring is 1. The number of hydrogen-bond acceptors (Lipinski definition) is 2. The number of anilines is 1. The molecule has 0 aromatic heterocycles. The zero-order valence-corrected chi connectivity index (χ0v) is 9.79. The largest absolute Gasteiger partial charge is 0.396 e.